The third-order valence-corrected chi connectivity index (χ3v) is 3.38. The second-order valence-electron chi connectivity index (χ2n) is 4.44. The Hall–Kier alpha value is -2.48. The molecule has 8 heteroatoms. The highest BCUT2D eigenvalue weighted by molar-refractivity contribution is 6.03. The predicted molar refractivity (Wildman–Crippen MR) is 62.6 cm³/mol. The highest BCUT2D eigenvalue weighted by Crippen LogP contribution is 2.49. The van der Waals surface area contributed by atoms with E-state index in [2.05, 4.69) is 4.74 Å². The van der Waals surface area contributed by atoms with Gasteiger partial charge in [0.15, 0.2) is 0 Å². The van der Waals surface area contributed by atoms with E-state index in [1.165, 1.54) is 24.3 Å². The number of fused-ring (bicyclic) bond motifs is 3. The van der Waals surface area contributed by atoms with Gasteiger partial charge in [0.2, 0.25) is 11.5 Å². The van der Waals surface area contributed by atoms with E-state index < -0.39 is 35.4 Å². The first-order valence-corrected chi connectivity index (χ1v) is 5.88. The molecular formula is C13H9F2NO5. The second kappa shape index (κ2) is 4.26. The van der Waals surface area contributed by atoms with Crippen LogP contribution in [0.4, 0.5) is 8.78 Å². The van der Waals surface area contributed by atoms with Crippen LogP contribution in [0.2, 0.25) is 0 Å². The normalized spacial score (nSPS) is 23.3. The van der Waals surface area contributed by atoms with Crippen LogP contribution in [0.25, 0.3) is 0 Å². The fraction of sp³-hybridized carbons (Fsp3) is 0.231. The van der Waals surface area contributed by atoms with E-state index >= 15 is 0 Å². The summed E-state index contributed by atoms with van der Waals surface area (Å²) >= 11 is 0. The number of halogens is 2. The first-order chi connectivity index (χ1) is 9.92. The fourth-order valence-corrected chi connectivity index (χ4v) is 2.49. The number of ether oxygens (including phenoxy) is 1. The zero-order chi connectivity index (χ0) is 15.4. The van der Waals surface area contributed by atoms with Gasteiger partial charge in [-0.15, -0.1) is 5.06 Å². The quantitative estimate of drug-likeness (QED) is 0.822. The summed E-state index contributed by atoms with van der Waals surface area (Å²) in [6, 6.07) is 5.79. The lowest BCUT2D eigenvalue weighted by Crippen LogP contribution is -2.42. The maximum absolute atomic E-state index is 13.0. The van der Waals surface area contributed by atoms with Gasteiger partial charge in [-0.2, -0.15) is 0 Å². The molecule has 1 amide bonds. The maximum atomic E-state index is 13.0. The topological polar surface area (TPSA) is 76.1 Å². The highest BCUT2D eigenvalue weighted by Gasteiger charge is 2.62. The van der Waals surface area contributed by atoms with Crippen molar-refractivity contribution in [3.8, 4) is 0 Å². The molecule has 6 nitrogen and oxygen atoms in total. The van der Waals surface area contributed by atoms with Gasteiger partial charge in [-0.1, -0.05) is 18.2 Å². The van der Waals surface area contributed by atoms with Crippen LogP contribution in [-0.4, -0.2) is 35.6 Å². The van der Waals surface area contributed by atoms with Crippen LogP contribution in [0.15, 0.2) is 35.6 Å². The third-order valence-electron chi connectivity index (χ3n) is 3.38. The van der Waals surface area contributed by atoms with Crippen LogP contribution in [0.5, 0.6) is 0 Å². The van der Waals surface area contributed by atoms with E-state index in [9.17, 15) is 23.5 Å². The van der Waals surface area contributed by atoms with Crippen molar-refractivity contribution >= 4 is 11.9 Å². The van der Waals surface area contributed by atoms with E-state index in [4.69, 9.17) is 4.84 Å². The van der Waals surface area contributed by atoms with E-state index in [1.54, 1.807) is 0 Å². The molecule has 0 bridgehead atoms. The SMILES string of the molecule is COC(=O)C1=C(C(F)F)ON2C(=O)c3ccccc3C12O. The molecule has 0 aromatic heterocycles. The Morgan fingerprint density at radius 2 is 2.10 bits per heavy atom. The minimum atomic E-state index is -3.19. The largest absolute Gasteiger partial charge is 0.465 e. The molecule has 1 N–H and O–H groups in total. The van der Waals surface area contributed by atoms with Crippen LogP contribution < -0.4 is 0 Å². The zero-order valence-corrected chi connectivity index (χ0v) is 10.7. The molecule has 1 aromatic rings. The van der Waals surface area contributed by atoms with Gasteiger partial charge < -0.3 is 14.7 Å². The summed E-state index contributed by atoms with van der Waals surface area (Å²) in [6.45, 7) is 0. The van der Waals surface area contributed by atoms with Gasteiger partial charge >= 0.3 is 5.97 Å². The molecule has 2 aliphatic rings. The third kappa shape index (κ3) is 1.53. The number of aliphatic hydroxyl groups is 1. The van der Waals surface area contributed by atoms with Crippen LogP contribution in [-0.2, 0) is 20.1 Å². The van der Waals surface area contributed by atoms with Crippen molar-refractivity contribution in [1.82, 2.24) is 5.06 Å². The zero-order valence-electron chi connectivity index (χ0n) is 10.7. The number of alkyl halides is 2. The number of hydrogen-bond acceptors (Lipinski definition) is 5. The molecule has 2 heterocycles. The Kier molecular flexibility index (Phi) is 2.74. The molecule has 0 saturated heterocycles. The first kappa shape index (κ1) is 13.5. The summed E-state index contributed by atoms with van der Waals surface area (Å²) in [5.74, 6) is -3.10. The summed E-state index contributed by atoms with van der Waals surface area (Å²) in [7, 11) is 0.979. The van der Waals surface area contributed by atoms with Gasteiger partial charge in [0.1, 0.15) is 5.57 Å². The Bertz CT molecular complexity index is 687. The molecule has 0 radical (unpaired) electrons. The Morgan fingerprint density at radius 1 is 1.43 bits per heavy atom. The minimum Gasteiger partial charge on any atom is -0.465 e. The summed E-state index contributed by atoms with van der Waals surface area (Å²) in [5.41, 5.74) is -3.15. The first-order valence-electron chi connectivity index (χ1n) is 5.88. The van der Waals surface area contributed by atoms with Gasteiger partial charge in [0.25, 0.3) is 12.3 Å². The number of hydrogen-bond donors (Lipinski definition) is 1. The molecule has 0 fully saturated rings. The Morgan fingerprint density at radius 3 is 2.71 bits per heavy atom. The van der Waals surface area contributed by atoms with Crippen molar-refractivity contribution in [3.63, 3.8) is 0 Å². The number of benzene rings is 1. The Balaban J connectivity index is 2.27. The lowest BCUT2D eigenvalue weighted by atomic mass is 9.94. The maximum Gasteiger partial charge on any atom is 0.342 e. The molecule has 110 valence electrons. The van der Waals surface area contributed by atoms with Crippen molar-refractivity contribution in [1.29, 1.82) is 0 Å². The predicted octanol–water partition coefficient (Wildman–Crippen LogP) is 0.925. The standard InChI is InChI=1S/C13H9F2NO5/c1-20-12(18)8-9(10(14)15)21-16-11(17)6-4-2-3-5-7(6)13(8,16)19/h2-5,10,19H,1H3. The van der Waals surface area contributed by atoms with Gasteiger partial charge in [0, 0.05) is 5.56 Å². The van der Waals surface area contributed by atoms with Crippen molar-refractivity contribution in [2.45, 2.75) is 12.2 Å². The summed E-state index contributed by atoms with van der Waals surface area (Å²) < 4.78 is 30.5. The summed E-state index contributed by atoms with van der Waals surface area (Å²) in [6.07, 6.45) is -3.19. The number of nitrogens with zero attached hydrogens (tertiary/aromatic N) is 1. The molecule has 3 rings (SSSR count). The minimum absolute atomic E-state index is 0.00829. The van der Waals surface area contributed by atoms with Gasteiger partial charge in [-0.05, 0) is 6.07 Å². The van der Waals surface area contributed by atoms with Crippen LogP contribution >= 0.6 is 0 Å². The average Bonchev–Trinajstić information content (AvgIpc) is 2.90. The lowest BCUT2D eigenvalue weighted by molar-refractivity contribution is -0.199. The van der Waals surface area contributed by atoms with Crippen molar-refractivity contribution < 1.29 is 33.1 Å². The molecule has 2 aliphatic heterocycles. The average molecular weight is 297 g/mol. The molecule has 21 heavy (non-hydrogen) atoms. The molecule has 1 atom stereocenters. The number of carbonyl (C=O) groups is 2. The van der Waals surface area contributed by atoms with Gasteiger partial charge in [-0.25, -0.2) is 13.6 Å². The number of rotatable bonds is 2. The lowest BCUT2D eigenvalue weighted by Gasteiger charge is -2.25. The number of carbonyl (C=O) groups excluding carboxylic acids is 2. The summed E-state index contributed by atoms with van der Waals surface area (Å²) in [5, 5.41) is 11.1. The number of esters is 1. The monoisotopic (exact) mass is 297 g/mol. The van der Waals surface area contributed by atoms with Gasteiger partial charge in [0.05, 0.1) is 12.7 Å². The van der Waals surface area contributed by atoms with Crippen LogP contribution in [0.1, 0.15) is 15.9 Å². The molecule has 1 unspecified atom stereocenters. The van der Waals surface area contributed by atoms with E-state index in [-0.39, 0.29) is 11.1 Å². The van der Waals surface area contributed by atoms with Crippen LogP contribution in [0.3, 0.4) is 0 Å². The van der Waals surface area contributed by atoms with Crippen LogP contribution in [0, 0.1) is 0 Å². The molecule has 1 aromatic carbocycles. The van der Waals surface area contributed by atoms with Gasteiger partial charge in [-0.3, -0.25) is 4.79 Å². The van der Waals surface area contributed by atoms with E-state index in [1.807, 2.05) is 0 Å². The smallest absolute Gasteiger partial charge is 0.342 e. The Labute approximate surface area is 117 Å². The number of methoxy groups -OCH3 is 1. The number of allylic oxidation sites excluding steroid dienone is 1. The van der Waals surface area contributed by atoms with Crippen molar-refractivity contribution in [2.75, 3.05) is 7.11 Å². The molecular weight excluding hydrogens is 288 g/mol. The van der Waals surface area contributed by atoms with Crippen molar-refractivity contribution in [2.24, 2.45) is 0 Å². The summed E-state index contributed by atoms with van der Waals surface area (Å²) in [4.78, 5) is 28.7. The molecule has 0 saturated carbocycles. The van der Waals surface area contributed by atoms with E-state index in [0.717, 1.165) is 7.11 Å². The molecule has 0 aliphatic carbocycles. The number of amides is 1. The second-order valence-corrected chi connectivity index (χ2v) is 4.44. The number of hydroxylamine groups is 2. The fourth-order valence-electron chi connectivity index (χ4n) is 2.49. The van der Waals surface area contributed by atoms with E-state index in [0.29, 0.717) is 5.06 Å². The molecule has 0 spiro atoms. The highest BCUT2D eigenvalue weighted by atomic mass is 19.3. The van der Waals surface area contributed by atoms with Crippen molar-refractivity contribution in [3.05, 3.63) is 46.7 Å².